The van der Waals surface area contributed by atoms with Crippen molar-refractivity contribution in [3.63, 3.8) is 0 Å². The van der Waals surface area contributed by atoms with Crippen molar-refractivity contribution in [3.05, 3.63) is 29.6 Å². The van der Waals surface area contributed by atoms with Crippen molar-refractivity contribution in [3.8, 4) is 0 Å². The van der Waals surface area contributed by atoms with Gasteiger partial charge in [0, 0.05) is 51.5 Å². The highest BCUT2D eigenvalue weighted by Gasteiger charge is 2.31. The van der Waals surface area contributed by atoms with E-state index in [0.29, 0.717) is 17.7 Å². The molecule has 2 aliphatic rings. The number of hydrogen-bond donors (Lipinski definition) is 1. The fourth-order valence-corrected chi connectivity index (χ4v) is 3.96. The minimum Gasteiger partial charge on any atom is -0.392 e. The van der Waals surface area contributed by atoms with Gasteiger partial charge in [0.05, 0.1) is 6.61 Å². The maximum atomic E-state index is 12.6. The van der Waals surface area contributed by atoms with Crippen LogP contribution in [0.25, 0.3) is 0 Å². The largest absolute Gasteiger partial charge is 0.392 e. The van der Waals surface area contributed by atoms with Crippen LogP contribution in [0.4, 0.5) is 0 Å². The molecule has 0 spiro atoms. The van der Waals surface area contributed by atoms with E-state index in [4.69, 9.17) is 0 Å². The van der Waals surface area contributed by atoms with Crippen LogP contribution in [0.1, 0.15) is 35.8 Å². The second-order valence-corrected chi connectivity index (χ2v) is 7.42. The topological polar surface area (TPSA) is 59.9 Å². The van der Waals surface area contributed by atoms with E-state index in [9.17, 15) is 9.90 Å². The maximum Gasteiger partial charge on any atom is 0.272 e. The van der Waals surface area contributed by atoms with Gasteiger partial charge in [0.25, 0.3) is 5.91 Å². The molecule has 6 nitrogen and oxygen atoms in total. The number of amides is 1. The molecular weight excluding hydrogens is 316 g/mol. The first kappa shape index (κ1) is 18.3. The fraction of sp³-hybridized carbons (Fsp3) is 0.684. The average molecular weight is 346 g/mol. The summed E-state index contributed by atoms with van der Waals surface area (Å²) in [6.07, 6.45) is 3.71. The van der Waals surface area contributed by atoms with Gasteiger partial charge in [-0.25, -0.2) is 0 Å². The van der Waals surface area contributed by atoms with Crippen molar-refractivity contribution in [2.75, 3.05) is 46.3 Å². The van der Waals surface area contributed by atoms with Gasteiger partial charge in [0.1, 0.15) is 5.69 Å². The van der Waals surface area contributed by atoms with Gasteiger partial charge in [-0.1, -0.05) is 0 Å². The highest BCUT2D eigenvalue weighted by molar-refractivity contribution is 5.92. The predicted molar refractivity (Wildman–Crippen MR) is 97.3 cm³/mol. The van der Waals surface area contributed by atoms with E-state index in [1.54, 1.807) is 18.3 Å². The van der Waals surface area contributed by atoms with Crippen molar-refractivity contribution >= 4 is 5.91 Å². The molecule has 138 valence electrons. The molecule has 25 heavy (non-hydrogen) atoms. The molecular formula is C19H30N4O2. The third kappa shape index (κ3) is 4.37. The zero-order valence-electron chi connectivity index (χ0n) is 15.4. The first-order valence-electron chi connectivity index (χ1n) is 9.36. The predicted octanol–water partition coefficient (Wildman–Crippen LogP) is 1.06. The van der Waals surface area contributed by atoms with E-state index in [-0.39, 0.29) is 12.5 Å². The first-order chi connectivity index (χ1) is 12.1. The molecule has 3 rings (SSSR count). The van der Waals surface area contributed by atoms with E-state index < -0.39 is 0 Å². The molecule has 2 fully saturated rings. The zero-order valence-corrected chi connectivity index (χ0v) is 15.4. The lowest BCUT2D eigenvalue weighted by atomic mass is 9.89. The Morgan fingerprint density at radius 3 is 2.56 bits per heavy atom. The number of aliphatic hydroxyl groups excluding tert-OH is 1. The molecule has 1 N–H and O–H groups in total. The summed E-state index contributed by atoms with van der Waals surface area (Å²) in [5.74, 6) is 0.644. The highest BCUT2D eigenvalue weighted by atomic mass is 16.3. The molecule has 0 aliphatic carbocycles. The standard InChI is InChI=1S/C19H30N4O2/c1-15(22-11-9-21(2)10-12-22)17-4-7-23(8-5-17)19(25)18-13-16(14-24)3-6-20-18/h3,6,13,15,17,24H,4-5,7-12,14H2,1-2H3/t15-/m1/s1. The molecule has 0 radical (unpaired) electrons. The van der Waals surface area contributed by atoms with Gasteiger partial charge in [-0.3, -0.25) is 14.7 Å². The lowest BCUT2D eigenvalue weighted by Crippen LogP contribution is -2.52. The number of pyridine rings is 1. The van der Waals surface area contributed by atoms with Crippen LogP contribution in [0, 0.1) is 5.92 Å². The third-order valence-electron chi connectivity index (χ3n) is 5.85. The molecule has 2 saturated heterocycles. The summed E-state index contributed by atoms with van der Waals surface area (Å²) < 4.78 is 0. The van der Waals surface area contributed by atoms with Crippen LogP contribution in [-0.2, 0) is 6.61 Å². The molecule has 0 aromatic carbocycles. The highest BCUT2D eigenvalue weighted by Crippen LogP contribution is 2.25. The SMILES string of the molecule is C[C@H](C1CCN(C(=O)c2cc(CO)ccn2)CC1)N1CCN(C)CC1. The van der Waals surface area contributed by atoms with Gasteiger partial charge in [0.15, 0.2) is 0 Å². The lowest BCUT2D eigenvalue weighted by Gasteiger charge is -2.42. The second kappa shape index (κ2) is 8.25. The molecule has 0 bridgehead atoms. The van der Waals surface area contributed by atoms with Crippen molar-refractivity contribution in [1.82, 2.24) is 19.7 Å². The summed E-state index contributed by atoms with van der Waals surface area (Å²) in [6.45, 7) is 8.47. The molecule has 0 saturated carbocycles. The van der Waals surface area contributed by atoms with Crippen LogP contribution in [0.15, 0.2) is 18.3 Å². The van der Waals surface area contributed by atoms with Crippen LogP contribution in [0.2, 0.25) is 0 Å². The Kier molecular flexibility index (Phi) is 6.04. The number of rotatable bonds is 4. The van der Waals surface area contributed by atoms with Gasteiger partial charge >= 0.3 is 0 Å². The van der Waals surface area contributed by atoms with Crippen LogP contribution < -0.4 is 0 Å². The van der Waals surface area contributed by atoms with Crippen molar-refractivity contribution < 1.29 is 9.90 Å². The summed E-state index contributed by atoms with van der Waals surface area (Å²) >= 11 is 0. The quantitative estimate of drug-likeness (QED) is 0.883. The number of aromatic nitrogens is 1. The van der Waals surface area contributed by atoms with Crippen LogP contribution in [-0.4, -0.2) is 83.1 Å². The summed E-state index contributed by atoms with van der Waals surface area (Å²) in [5, 5.41) is 9.23. The average Bonchev–Trinajstić information content (AvgIpc) is 2.67. The van der Waals surface area contributed by atoms with E-state index in [1.165, 1.54) is 0 Å². The Morgan fingerprint density at radius 1 is 1.24 bits per heavy atom. The zero-order chi connectivity index (χ0) is 17.8. The molecule has 2 aliphatic heterocycles. The Bertz CT molecular complexity index is 579. The Morgan fingerprint density at radius 2 is 1.92 bits per heavy atom. The van der Waals surface area contributed by atoms with Crippen molar-refractivity contribution in [2.45, 2.75) is 32.4 Å². The second-order valence-electron chi connectivity index (χ2n) is 7.42. The number of hydrogen-bond acceptors (Lipinski definition) is 5. The number of likely N-dealkylation sites (tertiary alicyclic amines) is 1. The summed E-state index contributed by atoms with van der Waals surface area (Å²) in [7, 11) is 2.19. The maximum absolute atomic E-state index is 12.6. The first-order valence-corrected chi connectivity index (χ1v) is 9.36. The van der Waals surface area contributed by atoms with Crippen LogP contribution in [0.3, 0.4) is 0 Å². The van der Waals surface area contributed by atoms with Gasteiger partial charge in [0.2, 0.25) is 0 Å². The number of piperazine rings is 1. The van der Waals surface area contributed by atoms with E-state index >= 15 is 0 Å². The molecule has 1 aromatic rings. The monoisotopic (exact) mass is 346 g/mol. The summed E-state index contributed by atoms with van der Waals surface area (Å²) in [5.41, 5.74) is 1.18. The van der Waals surface area contributed by atoms with Crippen molar-refractivity contribution in [1.29, 1.82) is 0 Å². The van der Waals surface area contributed by atoms with Gasteiger partial charge in [-0.2, -0.15) is 0 Å². The third-order valence-corrected chi connectivity index (χ3v) is 5.85. The van der Waals surface area contributed by atoms with Crippen LogP contribution in [0.5, 0.6) is 0 Å². The Balaban J connectivity index is 1.53. The van der Waals surface area contributed by atoms with Crippen LogP contribution >= 0.6 is 0 Å². The van der Waals surface area contributed by atoms with E-state index in [2.05, 4.69) is 28.8 Å². The van der Waals surface area contributed by atoms with Crippen molar-refractivity contribution in [2.24, 2.45) is 5.92 Å². The molecule has 1 atom stereocenters. The molecule has 1 aromatic heterocycles. The minimum absolute atomic E-state index is 0.0130. The normalized spacial score (nSPS) is 22.1. The summed E-state index contributed by atoms with van der Waals surface area (Å²) in [6, 6.07) is 4.02. The molecule has 1 amide bonds. The number of carbonyl (C=O) groups excluding carboxylic acids is 1. The number of piperidine rings is 1. The number of nitrogens with zero attached hydrogens (tertiary/aromatic N) is 4. The molecule has 0 unspecified atom stereocenters. The van der Waals surface area contributed by atoms with Gasteiger partial charge < -0.3 is 14.9 Å². The molecule has 6 heteroatoms. The Hall–Kier alpha value is -1.50. The number of aliphatic hydroxyl groups is 1. The van der Waals surface area contributed by atoms with E-state index in [0.717, 1.165) is 57.7 Å². The van der Waals surface area contributed by atoms with Gasteiger partial charge in [-0.15, -0.1) is 0 Å². The lowest BCUT2D eigenvalue weighted by molar-refractivity contribution is 0.0496. The number of carbonyl (C=O) groups is 1. The van der Waals surface area contributed by atoms with Gasteiger partial charge in [-0.05, 0) is 50.4 Å². The smallest absolute Gasteiger partial charge is 0.272 e. The fourth-order valence-electron chi connectivity index (χ4n) is 3.96. The van der Waals surface area contributed by atoms with E-state index in [1.807, 2.05) is 4.90 Å². The Labute approximate surface area is 150 Å². The minimum atomic E-state index is -0.0621. The summed E-state index contributed by atoms with van der Waals surface area (Å²) in [4.78, 5) is 23.7. The number of likely N-dealkylation sites (N-methyl/N-ethyl adjacent to an activating group) is 1. The molecule has 3 heterocycles.